The van der Waals surface area contributed by atoms with Gasteiger partial charge >= 0.3 is 5.97 Å². The van der Waals surface area contributed by atoms with E-state index in [2.05, 4.69) is 5.32 Å². The van der Waals surface area contributed by atoms with Crippen LogP contribution in [0.2, 0.25) is 0 Å². The van der Waals surface area contributed by atoms with Gasteiger partial charge in [0.25, 0.3) is 5.69 Å². The number of nitro benzene ring substituents is 1. The van der Waals surface area contributed by atoms with Crippen molar-refractivity contribution in [2.24, 2.45) is 0 Å². The van der Waals surface area contributed by atoms with Gasteiger partial charge in [-0.15, -0.1) is 12.4 Å². The molecule has 8 nitrogen and oxygen atoms in total. The molecule has 0 radical (unpaired) electrons. The lowest BCUT2D eigenvalue weighted by atomic mass is 10.2. The molecule has 9 heteroatoms. The first-order valence-corrected chi connectivity index (χ1v) is 6.87. The minimum Gasteiger partial charge on any atom is -0.480 e. The van der Waals surface area contributed by atoms with Gasteiger partial charge in [0, 0.05) is 6.07 Å². The van der Waals surface area contributed by atoms with Crippen molar-refractivity contribution in [2.75, 3.05) is 18.4 Å². The fourth-order valence-corrected chi connectivity index (χ4v) is 2.01. The van der Waals surface area contributed by atoms with Gasteiger partial charge in [-0.2, -0.15) is 0 Å². The van der Waals surface area contributed by atoms with E-state index in [-0.39, 0.29) is 30.3 Å². The minimum absolute atomic E-state index is 0. The summed E-state index contributed by atoms with van der Waals surface area (Å²) < 4.78 is 0. The summed E-state index contributed by atoms with van der Waals surface area (Å²) in [5.41, 5.74) is -0.112. The number of aliphatic carboxylic acids is 1. The van der Waals surface area contributed by atoms with Crippen LogP contribution in [-0.2, 0) is 9.59 Å². The topological polar surface area (TPSA) is 113 Å². The molecule has 0 aromatic heterocycles. The first-order valence-electron chi connectivity index (χ1n) is 6.87. The van der Waals surface area contributed by atoms with E-state index in [1.165, 1.54) is 23.1 Å². The molecule has 1 rings (SSSR count). The molecule has 23 heavy (non-hydrogen) atoms. The molecule has 0 spiro atoms. The van der Waals surface area contributed by atoms with Gasteiger partial charge in [-0.1, -0.05) is 19.1 Å². The maximum absolute atomic E-state index is 12.2. The lowest BCUT2D eigenvalue weighted by Gasteiger charge is -2.26. The highest BCUT2D eigenvalue weighted by Gasteiger charge is 2.24. The maximum atomic E-state index is 12.2. The molecule has 2 N–H and O–H groups in total. The normalized spacial score (nSPS) is 11.4. The summed E-state index contributed by atoms with van der Waals surface area (Å²) >= 11 is 0. The smallest absolute Gasteiger partial charge is 0.317 e. The molecule has 0 saturated carbocycles. The Bertz CT molecular complexity index is 567. The Kier molecular flexibility index (Phi) is 8.82. The minimum atomic E-state index is -1.03. The van der Waals surface area contributed by atoms with Crippen LogP contribution in [0.25, 0.3) is 0 Å². The largest absolute Gasteiger partial charge is 0.480 e. The number of amides is 1. The number of para-hydroxylation sites is 2. The van der Waals surface area contributed by atoms with Crippen molar-refractivity contribution in [3.63, 3.8) is 0 Å². The summed E-state index contributed by atoms with van der Waals surface area (Å²) in [5.74, 6) is -1.51. The van der Waals surface area contributed by atoms with Gasteiger partial charge in [-0.3, -0.25) is 24.6 Å². The van der Waals surface area contributed by atoms with Crippen LogP contribution in [0.15, 0.2) is 24.3 Å². The molecule has 0 aliphatic rings. The van der Waals surface area contributed by atoms with Gasteiger partial charge < -0.3 is 10.4 Å². The average Bonchev–Trinajstić information content (AvgIpc) is 2.45. The number of nitro groups is 1. The van der Waals surface area contributed by atoms with E-state index in [1.54, 1.807) is 13.0 Å². The summed E-state index contributed by atoms with van der Waals surface area (Å²) in [6, 6.07) is 5.10. The molecule has 0 aliphatic heterocycles. The number of nitrogens with zero attached hydrogens (tertiary/aromatic N) is 2. The lowest BCUT2D eigenvalue weighted by molar-refractivity contribution is -0.383. The maximum Gasteiger partial charge on any atom is 0.317 e. The highest BCUT2D eigenvalue weighted by Crippen LogP contribution is 2.23. The van der Waals surface area contributed by atoms with Crippen LogP contribution >= 0.6 is 12.4 Å². The van der Waals surface area contributed by atoms with Crippen molar-refractivity contribution >= 4 is 35.7 Å². The van der Waals surface area contributed by atoms with E-state index in [1.807, 2.05) is 6.92 Å². The van der Waals surface area contributed by atoms with E-state index in [0.717, 1.165) is 0 Å². The molecule has 0 bridgehead atoms. The highest BCUT2D eigenvalue weighted by atomic mass is 35.5. The Morgan fingerprint density at radius 3 is 2.52 bits per heavy atom. The number of hydrogen-bond acceptors (Lipinski definition) is 5. The van der Waals surface area contributed by atoms with E-state index >= 15 is 0 Å². The quantitative estimate of drug-likeness (QED) is 0.551. The molecular weight excluding hydrogens is 326 g/mol. The van der Waals surface area contributed by atoms with E-state index in [9.17, 15) is 19.7 Å². The predicted octanol–water partition coefficient (Wildman–Crippen LogP) is 2.14. The zero-order chi connectivity index (χ0) is 16.7. The van der Waals surface area contributed by atoms with Crippen molar-refractivity contribution in [2.45, 2.75) is 26.3 Å². The number of carbonyl (C=O) groups excluding carboxylic acids is 1. The van der Waals surface area contributed by atoms with Crippen molar-refractivity contribution in [1.29, 1.82) is 0 Å². The van der Waals surface area contributed by atoms with Crippen LogP contribution in [0, 0.1) is 10.1 Å². The molecule has 1 aromatic rings. The number of carbonyl (C=O) groups is 2. The Hall–Kier alpha value is -2.19. The molecule has 0 aliphatic carbocycles. The van der Waals surface area contributed by atoms with Gasteiger partial charge in [0.15, 0.2) is 0 Å². The molecule has 1 amide bonds. The van der Waals surface area contributed by atoms with E-state index in [0.29, 0.717) is 13.0 Å². The van der Waals surface area contributed by atoms with Crippen LogP contribution in [0.3, 0.4) is 0 Å². The van der Waals surface area contributed by atoms with Crippen LogP contribution in [0.1, 0.15) is 20.3 Å². The average molecular weight is 346 g/mol. The number of anilines is 1. The third-order valence-corrected chi connectivity index (χ3v) is 3.13. The molecule has 0 heterocycles. The number of carboxylic acid groups (broad SMARTS) is 1. The molecule has 1 aromatic carbocycles. The monoisotopic (exact) mass is 345 g/mol. The van der Waals surface area contributed by atoms with Crippen LogP contribution in [0.5, 0.6) is 0 Å². The Labute approximate surface area is 140 Å². The summed E-state index contributed by atoms with van der Waals surface area (Å²) in [7, 11) is 0. The van der Waals surface area contributed by atoms with E-state index in [4.69, 9.17) is 5.11 Å². The Morgan fingerprint density at radius 2 is 2.00 bits per heavy atom. The zero-order valence-electron chi connectivity index (χ0n) is 12.9. The number of nitrogens with one attached hydrogen (secondary N) is 1. The highest BCUT2D eigenvalue weighted by molar-refractivity contribution is 5.96. The predicted molar refractivity (Wildman–Crippen MR) is 87.9 cm³/mol. The SMILES string of the molecule is CCCN(CC(=O)O)C(C)C(=O)Nc1ccccc1[N+](=O)[O-].Cl. The third kappa shape index (κ3) is 6.21. The van der Waals surface area contributed by atoms with Crippen LogP contribution in [-0.4, -0.2) is 45.9 Å². The molecule has 1 atom stereocenters. The van der Waals surface area contributed by atoms with Gasteiger partial charge in [-0.05, 0) is 26.0 Å². The third-order valence-electron chi connectivity index (χ3n) is 3.13. The second kappa shape index (κ2) is 9.75. The number of benzene rings is 1. The molecule has 1 unspecified atom stereocenters. The standard InChI is InChI=1S/C14H19N3O5.ClH/c1-3-8-16(9-13(18)19)10(2)14(20)15-11-6-4-5-7-12(11)17(21)22;/h4-7,10H,3,8-9H2,1-2H3,(H,15,20)(H,18,19);1H. The second-order valence-corrected chi connectivity index (χ2v) is 4.80. The molecular formula is C14H20ClN3O5. The molecule has 0 fully saturated rings. The summed E-state index contributed by atoms with van der Waals surface area (Å²) in [6.45, 7) is 3.63. The summed E-state index contributed by atoms with van der Waals surface area (Å²) in [4.78, 5) is 34.9. The summed E-state index contributed by atoms with van der Waals surface area (Å²) in [5, 5.41) is 22.3. The molecule has 0 saturated heterocycles. The van der Waals surface area contributed by atoms with Crippen molar-refractivity contribution in [1.82, 2.24) is 4.90 Å². The fourth-order valence-electron chi connectivity index (χ4n) is 2.01. The van der Waals surface area contributed by atoms with Crippen LogP contribution in [0.4, 0.5) is 11.4 Å². The molecule has 128 valence electrons. The van der Waals surface area contributed by atoms with Crippen molar-refractivity contribution in [3.05, 3.63) is 34.4 Å². The van der Waals surface area contributed by atoms with Gasteiger partial charge in [0.1, 0.15) is 5.69 Å². The number of halogens is 1. The zero-order valence-corrected chi connectivity index (χ0v) is 13.7. The van der Waals surface area contributed by atoms with Gasteiger partial charge in [0.05, 0.1) is 17.5 Å². The second-order valence-electron chi connectivity index (χ2n) is 4.80. The number of carboxylic acids is 1. The van der Waals surface area contributed by atoms with Crippen molar-refractivity contribution in [3.8, 4) is 0 Å². The Balaban J connectivity index is 0.00000484. The first-order chi connectivity index (χ1) is 10.4. The van der Waals surface area contributed by atoms with Gasteiger partial charge in [0.2, 0.25) is 5.91 Å². The van der Waals surface area contributed by atoms with Gasteiger partial charge in [-0.25, -0.2) is 0 Å². The number of hydrogen-bond donors (Lipinski definition) is 2. The summed E-state index contributed by atoms with van der Waals surface area (Å²) in [6.07, 6.45) is 0.691. The lowest BCUT2D eigenvalue weighted by Crippen LogP contribution is -2.45. The Morgan fingerprint density at radius 1 is 1.39 bits per heavy atom. The van der Waals surface area contributed by atoms with Crippen LogP contribution < -0.4 is 5.32 Å². The van der Waals surface area contributed by atoms with E-state index < -0.39 is 22.8 Å². The fraction of sp³-hybridized carbons (Fsp3) is 0.429. The number of rotatable bonds is 8. The first kappa shape index (κ1) is 20.8. The van der Waals surface area contributed by atoms with Crippen molar-refractivity contribution < 1.29 is 19.6 Å².